The lowest BCUT2D eigenvalue weighted by molar-refractivity contribution is -0.00168. The quantitative estimate of drug-likeness (QED) is 0.904. The molecule has 0 spiro atoms. The minimum atomic E-state index is -1.23. The number of benzene rings is 1. The zero-order chi connectivity index (χ0) is 15.7. The fourth-order valence-electron chi connectivity index (χ4n) is 2.45. The number of hydrogen-bond donors (Lipinski definition) is 1. The van der Waals surface area contributed by atoms with E-state index in [9.17, 15) is 14.4 Å². The molecule has 21 heavy (non-hydrogen) atoms. The monoisotopic (exact) mass is 289 g/mol. The van der Waals surface area contributed by atoms with Crippen LogP contribution in [0.1, 0.15) is 29.3 Å². The fourth-order valence-corrected chi connectivity index (χ4v) is 2.45. The van der Waals surface area contributed by atoms with Gasteiger partial charge in [-0.05, 0) is 18.6 Å². The Hall–Kier alpha value is -2.19. The highest BCUT2D eigenvalue weighted by molar-refractivity contribution is 5.92. The number of alkyl halides is 1. The van der Waals surface area contributed by atoms with Crippen LogP contribution in [0.2, 0.25) is 0 Å². The zero-order valence-corrected chi connectivity index (χ0v) is 11.8. The largest absolute Gasteiger partial charge is 0.478 e. The summed E-state index contributed by atoms with van der Waals surface area (Å²) in [5.41, 5.74) is -1.67. The molecule has 0 unspecified atom stereocenters. The van der Waals surface area contributed by atoms with Crippen molar-refractivity contribution in [3.63, 3.8) is 0 Å². The van der Waals surface area contributed by atoms with Gasteiger partial charge >= 0.3 is 5.97 Å². The van der Waals surface area contributed by atoms with E-state index < -0.39 is 23.2 Å². The van der Waals surface area contributed by atoms with Gasteiger partial charge in [0.2, 0.25) is 0 Å². The van der Waals surface area contributed by atoms with Crippen molar-refractivity contribution in [3.8, 4) is 6.07 Å². The van der Waals surface area contributed by atoms with Crippen molar-refractivity contribution in [2.45, 2.75) is 25.1 Å². The molecule has 1 aromatic carbocycles. The molecule has 0 aromatic heterocycles. The number of halogens is 1. The van der Waals surface area contributed by atoms with Crippen LogP contribution in [0.5, 0.6) is 0 Å². The number of nitriles is 1. The molecule has 0 radical (unpaired) electrons. The van der Waals surface area contributed by atoms with Crippen LogP contribution in [0.4, 0.5) is 4.39 Å². The van der Waals surface area contributed by atoms with E-state index in [4.69, 9.17) is 9.84 Å². The first-order valence-electron chi connectivity index (χ1n) is 6.52. The first-order chi connectivity index (χ1) is 9.90. The number of aromatic carboxylic acids is 1. The van der Waals surface area contributed by atoms with E-state index in [1.54, 1.807) is 37.3 Å². The van der Waals surface area contributed by atoms with Gasteiger partial charge in [-0.25, -0.2) is 9.18 Å². The molecule has 110 valence electrons. The Balaban J connectivity index is 2.36. The second-order valence-electron chi connectivity index (χ2n) is 5.29. The van der Waals surface area contributed by atoms with E-state index in [1.807, 2.05) is 6.07 Å². The molecular weight excluding hydrogens is 273 g/mol. The van der Waals surface area contributed by atoms with E-state index in [0.29, 0.717) is 5.56 Å². The van der Waals surface area contributed by atoms with E-state index in [2.05, 4.69) is 0 Å². The molecule has 3 atom stereocenters. The maximum Gasteiger partial charge on any atom is 0.336 e. The summed E-state index contributed by atoms with van der Waals surface area (Å²) in [6, 6.07) is 8.48. The number of carboxylic acid groups (broad SMARTS) is 1. The summed E-state index contributed by atoms with van der Waals surface area (Å²) in [6.07, 6.45) is 2.03. The summed E-state index contributed by atoms with van der Waals surface area (Å²) in [5, 5.41) is 18.4. The number of carbonyl (C=O) groups is 1. The average Bonchev–Trinajstić information content (AvgIpc) is 3.17. The maximum absolute atomic E-state index is 13.6. The van der Waals surface area contributed by atoms with Gasteiger partial charge in [0.1, 0.15) is 17.2 Å². The van der Waals surface area contributed by atoms with Crippen LogP contribution in [0, 0.1) is 16.7 Å². The summed E-state index contributed by atoms with van der Waals surface area (Å²) in [7, 11) is 1.41. The molecule has 0 saturated heterocycles. The number of ether oxygens (including phenoxy) is 1. The molecule has 1 fully saturated rings. The Labute approximate surface area is 122 Å². The molecule has 4 nitrogen and oxygen atoms in total. The Morgan fingerprint density at radius 1 is 1.62 bits per heavy atom. The van der Waals surface area contributed by atoms with E-state index in [1.165, 1.54) is 13.2 Å². The Morgan fingerprint density at radius 3 is 2.71 bits per heavy atom. The van der Waals surface area contributed by atoms with Gasteiger partial charge in [0.25, 0.3) is 0 Å². The molecule has 0 heterocycles. The van der Waals surface area contributed by atoms with Crippen LogP contribution < -0.4 is 0 Å². The molecular formula is C16H16FNO3. The molecule has 1 aliphatic carbocycles. The Bertz CT molecular complexity index is 637. The predicted molar refractivity (Wildman–Crippen MR) is 75.4 cm³/mol. The molecule has 0 bridgehead atoms. The summed E-state index contributed by atoms with van der Waals surface area (Å²) in [6.45, 7) is 1.63. The van der Waals surface area contributed by atoms with Gasteiger partial charge in [-0.2, -0.15) is 5.26 Å². The lowest BCUT2D eigenvalue weighted by Gasteiger charge is -2.29. The molecule has 1 N–H and O–H groups in total. The predicted octanol–water partition coefficient (Wildman–Crippen LogP) is 3.05. The van der Waals surface area contributed by atoms with Gasteiger partial charge in [-0.15, -0.1) is 0 Å². The minimum absolute atomic E-state index is 0.124. The third-order valence-corrected chi connectivity index (χ3v) is 4.16. The molecule has 2 rings (SSSR count). The average molecular weight is 289 g/mol. The number of methoxy groups -OCH3 is 1. The van der Waals surface area contributed by atoms with Gasteiger partial charge in [0.05, 0.1) is 11.6 Å². The lowest BCUT2D eigenvalue weighted by Crippen LogP contribution is -2.37. The van der Waals surface area contributed by atoms with Gasteiger partial charge in [-0.3, -0.25) is 0 Å². The number of nitrogens with zero attached hydrogens (tertiary/aromatic N) is 1. The van der Waals surface area contributed by atoms with Gasteiger partial charge in [0, 0.05) is 13.5 Å². The number of hydrogen-bond acceptors (Lipinski definition) is 3. The van der Waals surface area contributed by atoms with Crippen LogP contribution in [0.25, 0.3) is 6.08 Å². The maximum atomic E-state index is 13.6. The zero-order valence-electron chi connectivity index (χ0n) is 11.8. The van der Waals surface area contributed by atoms with Crippen molar-refractivity contribution in [2.24, 2.45) is 5.41 Å². The number of carboxylic acids is 1. The molecule has 0 aliphatic heterocycles. The highest BCUT2D eigenvalue weighted by atomic mass is 19.1. The first kappa shape index (κ1) is 15.2. The van der Waals surface area contributed by atoms with E-state index in [-0.39, 0.29) is 12.0 Å². The van der Waals surface area contributed by atoms with Crippen molar-refractivity contribution in [3.05, 3.63) is 41.5 Å². The van der Waals surface area contributed by atoms with Crippen molar-refractivity contribution in [1.29, 1.82) is 5.26 Å². The van der Waals surface area contributed by atoms with Crippen LogP contribution in [-0.2, 0) is 4.74 Å². The topological polar surface area (TPSA) is 70.3 Å². The first-order valence-corrected chi connectivity index (χ1v) is 6.52. The Morgan fingerprint density at radius 2 is 2.24 bits per heavy atom. The van der Waals surface area contributed by atoms with Gasteiger partial charge in [0.15, 0.2) is 0 Å². The normalized spacial score (nSPS) is 27.0. The summed E-state index contributed by atoms with van der Waals surface area (Å²) in [4.78, 5) is 11.2. The van der Waals surface area contributed by atoms with Crippen molar-refractivity contribution < 1.29 is 19.0 Å². The SMILES string of the molecule is CO[C@](C)(/C=C/c1ccccc1C(=O)O)[C@@]1(C#N)C[C@H]1F. The smallest absolute Gasteiger partial charge is 0.336 e. The van der Waals surface area contributed by atoms with Gasteiger partial charge in [-0.1, -0.05) is 30.4 Å². The van der Waals surface area contributed by atoms with Crippen LogP contribution >= 0.6 is 0 Å². The summed E-state index contributed by atoms with van der Waals surface area (Å²) >= 11 is 0. The molecule has 1 aromatic rings. The Kier molecular flexibility index (Phi) is 3.84. The molecule has 5 heteroatoms. The number of rotatable bonds is 5. The third kappa shape index (κ3) is 2.43. The molecule has 0 amide bonds. The highest BCUT2D eigenvalue weighted by Gasteiger charge is 2.67. The van der Waals surface area contributed by atoms with Crippen LogP contribution in [0.3, 0.4) is 0 Å². The summed E-state index contributed by atoms with van der Waals surface area (Å²) < 4.78 is 19.0. The van der Waals surface area contributed by atoms with Crippen LogP contribution in [0.15, 0.2) is 30.3 Å². The van der Waals surface area contributed by atoms with Crippen LogP contribution in [-0.4, -0.2) is 30.0 Å². The van der Waals surface area contributed by atoms with Crippen molar-refractivity contribution >= 4 is 12.0 Å². The lowest BCUT2D eigenvalue weighted by atomic mass is 9.85. The molecule has 1 saturated carbocycles. The third-order valence-electron chi connectivity index (χ3n) is 4.16. The second kappa shape index (κ2) is 5.30. The fraction of sp³-hybridized carbons (Fsp3) is 0.375. The second-order valence-corrected chi connectivity index (χ2v) is 5.29. The van der Waals surface area contributed by atoms with E-state index >= 15 is 0 Å². The summed E-state index contributed by atoms with van der Waals surface area (Å²) in [5.74, 6) is -1.04. The molecule has 1 aliphatic rings. The van der Waals surface area contributed by atoms with Crippen molar-refractivity contribution in [1.82, 2.24) is 0 Å². The minimum Gasteiger partial charge on any atom is -0.478 e. The highest BCUT2D eigenvalue weighted by Crippen LogP contribution is 2.57. The van der Waals surface area contributed by atoms with Crippen molar-refractivity contribution in [2.75, 3.05) is 7.11 Å². The van der Waals surface area contributed by atoms with Gasteiger partial charge < -0.3 is 9.84 Å². The van der Waals surface area contributed by atoms with E-state index in [0.717, 1.165) is 0 Å². The standard InChI is InChI=1S/C16H16FNO3/c1-15(21-2,16(10-18)9-13(16)17)8-7-11-5-3-4-6-12(11)14(19)20/h3-8,13H,9H2,1-2H3,(H,19,20)/b8-7+/t13-,15-,16-/m1/s1.